The predicted octanol–water partition coefficient (Wildman–Crippen LogP) is 4.30. The van der Waals surface area contributed by atoms with E-state index in [2.05, 4.69) is 29.7 Å². The number of nitrogens with zero attached hydrogens (tertiary/aromatic N) is 1. The Labute approximate surface area is 151 Å². The van der Waals surface area contributed by atoms with E-state index in [-0.39, 0.29) is 11.5 Å². The minimum Gasteiger partial charge on any atom is -0.466 e. The van der Waals surface area contributed by atoms with Crippen molar-refractivity contribution >= 4 is 0 Å². The average Bonchev–Trinajstić information content (AvgIpc) is 2.64. The third kappa shape index (κ3) is 4.25. The van der Waals surface area contributed by atoms with E-state index in [1.165, 1.54) is 12.0 Å². The Kier molecular flexibility index (Phi) is 6.16. The van der Waals surface area contributed by atoms with E-state index < -0.39 is 0 Å². The van der Waals surface area contributed by atoms with Gasteiger partial charge < -0.3 is 14.2 Å². The topological polar surface area (TPSA) is 30.9 Å². The standard InChI is InChI=1S/C21H29NO3/c1-3-10-21(17-23-2)11-7-12-22(16-21)20(18-8-5-4-6-9-18)19-15-24-13-14-25-19/h3-5,8,13-15,20H,1,6-7,9-12,16-17H2,2H3. The smallest absolute Gasteiger partial charge is 0.160 e. The molecule has 2 aliphatic heterocycles. The summed E-state index contributed by atoms with van der Waals surface area (Å²) in [5, 5.41) is 0. The molecule has 1 fully saturated rings. The maximum absolute atomic E-state index is 5.83. The summed E-state index contributed by atoms with van der Waals surface area (Å²) < 4.78 is 16.8. The Morgan fingerprint density at radius 2 is 2.36 bits per heavy atom. The molecular formula is C21H29NO3. The lowest BCUT2D eigenvalue weighted by atomic mass is 9.76. The normalized spacial score (nSPS) is 27.7. The summed E-state index contributed by atoms with van der Waals surface area (Å²) in [5.74, 6) is 0.871. The van der Waals surface area contributed by atoms with Crippen LogP contribution in [-0.2, 0) is 14.2 Å². The molecule has 3 rings (SSSR count). The van der Waals surface area contributed by atoms with E-state index in [0.717, 1.165) is 51.1 Å². The molecule has 2 unspecified atom stereocenters. The van der Waals surface area contributed by atoms with Gasteiger partial charge in [-0.1, -0.05) is 24.3 Å². The van der Waals surface area contributed by atoms with Crippen LogP contribution in [0.25, 0.3) is 0 Å². The van der Waals surface area contributed by atoms with Gasteiger partial charge in [-0.05, 0) is 44.2 Å². The van der Waals surface area contributed by atoms with Crippen LogP contribution >= 0.6 is 0 Å². The minimum absolute atomic E-state index is 0.122. The van der Waals surface area contributed by atoms with Gasteiger partial charge in [-0.3, -0.25) is 4.90 Å². The molecule has 1 aliphatic carbocycles. The highest BCUT2D eigenvalue weighted by atomic mass is 16.5. The summed E-state index contributed by atoms with van der Waals surface area (Å²) >= 11 is 0. The molecule has 0 spiro atoms. The van der Waals surface area contributed by atoms with Gasteiger partial charge in [0.15, 0.2) is 5.76 Å². The fourth-order valence-corrected chi connectivity index (χ4v) is 4.27. The van der Waals surface area contributed by atoms with Gasteiger partial charge in [0, 0.05) is 19.1 Å². The van der Waals surface area contributed by atoms with Crippen LogP contribution in [0.4, 0.5) is 0 Å². The molecule has 4 heteroatoms. The lowest BCUT2D eigenvalue weighted by Crippen LogP contribution is -2.51. The zero-order chi connectivity index (χ0) is 17.5. The van der Waals surface area contributed by atoms with Crippen molar-refractivity contribution in [1.29, 1.82) is 0 Å². The number of hydrogen-bond donors (Lipinski definition) is 0. The molecule has 0 aromatic rings. The zero-order valence-corrected chi connectivity index (χ0v) is 15.2. The van der Waals surface area contributed by atoms with Crippen molar-refractivity contribution in [3.05, 3.63) is 61.0 Å². The summed E-state index contributed by atoms with van der Waals surface area (Å²) in [7, 11) is 1.79. The van der Waals surface area contributed by atoms with Crippen LogP contribution in [-0.4, -0.2) is 37.7 Å². The Hall–Kier alpha value is -1.78. The van der Waals surface area contributed by atoms with Crippen molar-refractivity contribution < 1.29 is 14.2 Å². The van der Waals surface area contributed by atoms with Crippen LogP contribution in [0.15, 0.2) is 61.0 Å². The average molecular weight is 343 g/mol. The van der Waals surface area contributed by atoms with Crippen LogP contribution in [0.3, 0.4) is 0 Å². The highest BCUT2D eigenvalue weighted by molar-refractivity contribution is 5.30. The lowest BCUT2D eigenvalue weighted by Gasteiger charge is -2.46. The van der Waals surface area contributed by atoms with Crippen LogP contribution in [0.5, 0.6) is 0 Å². The van der Waals surface area contributed by atoms with Gasteiger partial charge >= 0.3 is 0 Å². The van der Waals surface area contributed by atoms with E-state index in [0.29, 0.717) is 0 Å². The first-order valence-electron chi connectivity index (χ1n) is 9.15. The largest absolute Gasteiger partial charge is 0.466 e. The minimum atomic E-state index is 0.122. The third-order valence-electron chi connectivity index (χ3n) is 5.27. The zero-order valence-electron chi connectivity index (χ0n) is 15.2. The number of allylic oxidation sites excluding steroid dienone is 4. The van der Waals surface area contributed by atoms with Gasteiger partial charge in [-0.25, -0.2) is 0 Å². The second-order valence-electron chi connectivity index (χ2n) is 7.16. The van der Waals surface area contributed by atoms with Crippen molar-refractivity contribution in [1.82, 2.24) is 4.90 Å². The number of likely N-dealkylation sites (tertiary alicyclic amines) is 1. The molecule has 0 radical (unpaired) electrons. The molecule has 0 bridgehead atoms. The van der Waals surface area contributed by atoms with E-state index in [9.17, 15) is 0 Å². The third-order valence-corrected chi connectivity index (χ3v) is 5.27. The first-order chi connectivity index (χ1) is 12.3. The number of piperidine rings is 1. The first kappa shape index (κ1) is 18.0. The van der Waals surface area contributed by atoms with Crippen molar-refractivity contribution in [2.45, 2.75) is 38.1 Å². The molecule has 3 aliphatic rings. The Bertz CT molecular complexity index is 586. The van der Waals surface area contributed by atoms with Crippen LogP contribution < -0.4 is 0 Å². The molecule has 25 heavy (non-hydrogen) atoms. The summed E-state index contributed by atoms with van der Waals surface area (Å²) in [5.41, 5.74) is 1.52. The van der Waals surface area contributed by atoms with Gasteiger partial charge in [0.05, 0.1) is 12.6 Å². The van der Waals surface area contributed by atoms with Crippen molar-refractivity contribution in [2.75, 3.05) is 26.8 Å². The second kappa shape index (κ2) is 8.54. The van der Waals surface area contributed by atoms with Crippen molar-refractivity contribution in [2.24, 2.45) is 5.41 Å². The van der Waals surface area contributed by atoms with Gasteiger partial charge in [-0.2, -0.15) is 0 Å². The highest BCUT2D eigenvalue weighted by Crippen LogP contribution is 2.38. The molecule has 2 heterocycles. The fourth-order valence-electron chi connectivity index (χ4n) is 4.27. The molecule has 2 atom stereocenters. The Morgan fingerprint density at radius 3 is 3.04 bits per heavy atom. The van der Waals surface area contributed by atoms with Crippen LogP contribution in [0, 0.1) is 5.41 Å². The van der Waals surface area contributed by atoms with Crippen molar-refractivity contribution in [3.8, 4) is 0 Å². The number of methoxy groups -OCH3 is 1. The molecular weight excluding hydrogens is 314 g/mol. The van der Waals surface area contributed by atoms with E-state index in [1.807, 2.05) is 6.08 Å². The molecule has 0 amide bonds. The lowest BCUT2D eigenvalue weighted by molar-refractivity contribution is 0.000505. The van der Waals surface area contributed by atoms with E-state index in [4.69, 9.17) is 14.2 Å². The summed E-state index contributed by atoms with van der Waals surface area (Å²) in [4.78, 5) is 2.53. The summed E-state index contributed by atoms with van der Waals surface area (Å²) in [6, 6.07) is 0.122. The van der Waals surface area contributed by atoms with Crippen LogP contribution in [0.2, 0.25) is 0 Å². The predicted molar refractivity (Wildman–Crippen MR) is 99.6 cm³/mol. The number of rotatable bonds is 7. The summed E-state index contributed by atoms with van der Waals surface area (Å²) in [6.07, 6.45) is 19.0. The van der Waals surface area contributed by atoms with Gasteiger partial charge in [0.2, 0.25) is 0 Å². The molecule has 0 saturated carbocycles. The maximum Gasteiger partial charge on any atom is 0.160 e. The van der Waals surface area contributed by atoms with E-state index in [1.54, 1.807) is 25.9 Å². The fraction of sp³-hybridized carbons (Fsp3) is 0.524. The molecule has 1 saturated heterocycles. The quantitative estimate of drug-likeness (QED) is 0.645. The van der Waals surface area contributed by atoms with Gasteiger partial charge in [0.25, 0.3) is 0 Å². The number of hydrogen-bond acceptors (Lipinski definition) is 4. The van der Waals surface area contributed by atoms with Crippen LogP contribution in [0.1, 0.15) is 32.1 Å². The molecule has 0 N–H and O–H groups in total. The first-order valence-corrected chi connectivity index (χ1v) is 9.15. The summed E-state index contributed by atoms with van der Waals surface area (Å²) in [6.45, 7) is 6.76. The SMILES string of the molecule is C=CCC1(COC)CCCN(C(C2=CC=CCC2)C2=COC=CO2)C1. The highest BCUT2D eigenvalue weighted by Gasteiger charge is 2.39. The van der Waals surface area contributed by atoms with Crippen molar-refractivity contribution in [3.63, 3.8) is 0 Å². The Morgan fingerprint density at radius 1 is 1.44 bits per heavy atom. The number of ether oxygens (including phenoxy) is 3. The van der Waals surface area contributed by atoms with E-state index >= 15 is 0 Å². The molecule has 136 valence electrons. The molecule has 4 nitrogen and oxygen atoms in total. The maximum atomic E-state index is 5.83. The van der Waals surface area contributed by atoms with Gasteiger partial charge in [-0.15, -0.1) is 6.58 Å². The molecule has 0 aromatic carbocycles. The monoisotopic (exact) mass is 343 g/mol. The second-order valence-corrected chi connectivity index (χ2v) is 7.16. The Balaban J connectivity index is 1.86. The molecule has 0 aromatic heterocycles. The van der Waals surface area contributed by atoms with Gasteiger partial charge in [0.1, 0.15) is 18.8 Å².